The third-order valence-electron chi connectivity index (χ3n) is 3.12. The van der Waals surface area contributed by atoms with Crippen molar-refractivity contribution in [2.45, 2.75) is 6.42 Å². The molecular formula is C14H19N3O2S. The summed E-state index contributed by atoms with van der Waals surface area (Å²) in [5.41, 5.74) is 5.99. The second kappa shape index (κ2) is 6.21. The van der Waals surface area contributed by atoms with E-state index >= 15 is 0 Å². The molecule has 20 heavy (non-hydrogen) atoms. The van der Waals surface area contributed by atoms with Gasteiger partial charge in [0, 0.05) is 19.0 Å². The smallest absolute Gasteiger partial charge is 0.301 e. The van der Waals surface area contributed by atoms with Gasteiger partial charge < -0.3 is 5.73 Å². The van der Waals surface area contributed by atoms with Gasteiger partial charge in [-0.15, -0.1) is 0 Å². The minimum Gasteiger partial charge on any atom is -0.330 e. The number of rotatable bonds is 6. The summed E-state index contributed by atoms with van der Waals surface area (Å²) in [6, 6.07) is 13.2. The molecule has 0 amide bonds. The molecule has 0 bridgehead atoms. The van der Waals surface area contributed by atoms with Gasteiger partial charge in [-0.3, -0.25) is 4.72 Å². The standard InChI is InChI=1S/C14H19N3O2S/c1-17(11-5-10-15)20(18,19)16-14-9-4-7-12-6-2-3-8-13(12)14/h2-4,6-9,16H,5,10-11,15H2,1H3. The van der Waals surface area contributed by atoms with Gasteiger partial charge in [-0.25, -0.2) is 0 Å². The minimum atomic E-state index is -3.55. The van der Waals surface area contributed by atoms with Crippen LogP contribution in [0.2, 0.25) is 0 Å². The molecule has 2 aromatic carbocycles. The highest BCUT2D eigenvalue weighted by Crippen LogP contribution is 2.24. The predicted molar refractivity (Wildman–Crippen MR) is 82.8 cm³/mol. The molecule has 0 radical (unpaired) electrons. The largest absolute Gasteiger partial charge is 0.330 e. The van der Waals surface area contributed by atoms with E-state index in [9.17, 15) is 8.42 Å². The van der Waals surface area contributed by atoms with Crippen molar-refractivity contribution in [3.8, 4) is 0 Å². The summed E-state index contributed by atoms with van der Waals surface area (Å²) in [6.07, 6.45) is 0.632. The Hall–Kier alpha value is -1.63. The van der Waals surface area contributed by atoms with Gasteiger partial charge in [0.15, 0.2) is 0 Å². The molecule has 0 saturated heterocycles. The number of nitrogens with one attached hydrogen (secondary N) is 1. The van der Waals surface area contributed by atoms with Gasteiger partial charge in [0.2, 0.25) is 0 Å². The first-order valence-electron chi connectivity index (χ1n) is 6.46. The van der Waals surface area contributed by atoms with Crippen molar-refractivity contribution < 1.29 is 8.42 Å². The van der Waals surface area contributed by atoms with Crippen LogP contribution < -0.4 is 10.5 Å². The molecular weight excluding hydrogens is 274 g/mol. The van der Waals surface area contributed by atoms with Gasteiger partial charge in [-0.1, -0.05) is 36.4 Å². The lowest BCUT2D eigenvalue weighted by Crippen LogP contribution is -2.34. The third kappa shape index (κ3) is 3.27. The van der Waals surface area contributed by atoms with Crippen LogP contribution in [0.15, 0.2) is 42.5 Å². The quantitative estimate of drug-likeness (QED) is 0.852. The Kier molecular flexibility index (Phi) is 4.59. The summed E-state index contributed by atoms with van der Waals surface area (Å²) < 4.78 is 28.4. The minimum absolute atomic E-state index is 0.399. The van der Waals surface area contributed by atoms with E-state index in [0.717, 1.165) is 10.8 Å². The predicted octanol–water partition coefficient (Wildman–Crippen LogP) is 1.78. The van der Waals surface area contributed by atoms with E-state index in [0.29, 0.717) is 25.2 Å². The highest BCUT2D eigenvalue weighted by atomic mass is 32.2. The third-order valence-corrected chi connectivity index (χ3v) is 4.60. The second-order valence-electron chi connectivity index (χ2n) is 4.60. The summed E-state index contributed by atoms with van der Waals surface area (Å²) in [5.74, 6) is 0. The van der Waals surface area contributed by atoms with Gasteiger partial charge in [0.25, 0.3) is 0 Å². The Labute approximate surface area is 119 Å². The van der Waals surface area contributed by atoms with Gasteiger partial charge >= 0.3 is 10.2 Å². The first-order valence-corrected chi connectivity index (χ1v) is 7.90. The number of benzene rings is 2. The first kappa shape index (κ1) is 14.8. The normalized spacial score (nSPS) is 11.9. The van der Waals surface area contributed by atoms with Crippen LogP contribution in [0.1, 0.15) is 6.42 Å². The Morgan fingerprint density at radius 2 is 1.85 bits per heavy atom. The van der Waals surface area contributed by atoms with Crippen LogP contribution in [-0.4, -0.2) is 32.9 Å². The van der Waals surface area contributed by atoms with Gasteiger partial charge in [0.05, 0.1) is 5.69 Å². The molecule has 2 aromatic rings. The molecule has 0 fully saturated rings. The molecule has 0 aliphatic rings. The van der Waals surface area contributed by atoms with Crippen LogP contribution in [0.5, 0.6) is 0 Å². The lowest BCUT2D eigenvalue weighted by Gasteiger charge is -2.18. The number of anilines is 1. The van der Waals surface area contributed by atoms with Crippen molar-refractivity contribution in [1.82, 2.24) is 4.31 Å². The highest BCUT2D eigenvalue weighted by Gasteiger charge is 2.17. The van der Waals surface area contributed by atoms with Crippen LogP contribution >= 0.6 is 0 Å². The number of fused-ring (bicyclic) bond motifs is 1. The number of nitrogens with two attached hydrogens (primary N) is 1. The lowest BCUT2D eigenvalue weighted by molar-refractivity contribution is 0.468. The molecule has 0 aliphatic heterocycles. The van der Waals surface area contributed by atoms with Gasteiger partial charge in [-0.2, -0.15) is 12.7 Å². The molecule has 6 heteroatoms. The summed E-state index contributed by atoms with van der Waals surface area (Å²) in [6.45, 7) is 0.866. The Morgan fingerprint density at radius 1 is 1.15 bits per heavy atom. The topological polar surface area (TPSA) is 75.4 Å². The van der Waals surface area contributed by atoms with Crippen molar-refractivity contribution >= 4 is 26.7 Å². The van der Waals surface area contributed by atoms with E-state index in [2.05, 4.69) is 4.72 Å². The monoisotopic (exact) mass is 293 g/mol. The SMILES string of the molecule is CN(CCCN)S(=O)(=O)Nc1cccc2ccccc12. The molecule has 0 spiro atoms. The molecule has 0 aliphatic carbocycles. The van der Waals surface area contributed by atoms with Crippen molar-refractivity contribution in [3.05, 3.63) is 42.5 Å². The number of hydrogen-bond donors (Lipinski definition) is 2. The van der Waals surface area contributed by atoms with Crippen LogP contribution in [0.4, 0.5) is 5.69 Å². The molecule has 0 saturated carbocycles. The van der Waals surface area contributed by atoms with Crippen LogP contribution in [0.25, 0.3) is 10.8 Å². The summed E-state index contributed by atoms with van der Waals surface area (Å²) in [4.78, 5) is 0. The average Bonchev–Trinajstić information content (AvgIpc) is 2.44. The summed E-state index contributed by atoms with van der Waals surface area (Å²) >= 11 is 0. The van der Waals surface area contributed by atoms with Crippen LogP contribution in [0, 0.1) is 0 Å². The maximum Gasteiger partial charge on any atom is 0.301 e. The zero-order chi connectivity index (χ0) is 14.6. The van der Waals surface area contributed by atoms with Crippen LogP contribution in [-0.2, 0) is 10.2 Å². The maximum atomic E-state index is 12.2. The number of nitrogens with zero attached hydrogens (tertiary/aromatic N) is 1. The van der Waals surface area contributed by atoms with Crippen molar-refractivity contribution in [2.75, 3.05) is 24.9 Å². The molecule has 0 unspecified atom stereocenters. The Morgan fingerprint density at radius 3 is 2.60 bits per heavy atom. The fourth-order valence-corrected chi connectivity index (χ4v) is 2.95. The zero-order valence-electron chi connectivity index (χ0n) is 11.4. The fourth-order valence-electron chi connectivity index (χ4n) is 1.97. The van der Waals surface area contributed by atoms with Crippen molar-refractivity contribution in [2.24, 2.45) is 5.73 Å². The Balaban J connectivity index is 2.27. The molecule has 3 N–H and O–H groups in total. The number of hydrogen-bond acceptors (Lipinski definition) is 3. The second-order valence-corrected chi connectivity index (χ2v) is 6.38. The summed E-state index contributed by atoms with van der Waals surface area (Å²) in [7, 11) is -2.00. The maximum absolute atomic E-state index is 12.2. The van der Waals surface area contributed by atoms with E-state index in [1.165, 1.54) is 4.31 Å². The van der Waals surface area contributed by atoms with Crippen molar-refractivity contribution in [3.63, 3.8) is 0 Å². The lowest BCUT2D eigenvalue weighted by atomic mass is 10.1. The van der Waals surface area contributed by atoms with E-state index in [1.807, 2.05) is 36.4 Å². The molecule has 5 nitrogen and oxygen atoms in total. The van der Waals surface area contributed by atoms with E-state index < -0.39 is 10.2 Å². The van der Waals surface area contributed by atoms with E-state index in [1.54, 1.807) is 13.1 Å². The molecule has 2 rings (SSSR count). The van der Waals surface area contributed by atoms with E-state index in [4.69, 9.17) is 5.73 Å². The molecule has 0 atom stereocenters. The fraction of sp³-hybridized carbons (Fsp3) is 0.286. The van der Waals surface area contributed by atoms with Crippen LogP contribution in [0.3, 0.4) is 0 Å². The molecule has 0 aromatic heterocycles. The Bertz CT molecular complexity index is 680. The van der Waals surface area contributed by atoms with Gasteiger partial charge in [-0.05, 0) is 24.4 Å². The zero-order valence-corrected chi connectivity index (χ0v) is 12.2. The van der Waals surface area contributed by atoms with E-state index in [-0.39, 0.29) is 0 Å². The average molecular weight is 293 g/mol. The molecule has 108 valence electrons. The summed E-state index contributed by atoms with van der Waals surface area (Å²) in [5, 5.41) is 1.88. The first-order chi connectivity index (χ1) is 9.54. The molecule has 0 heterocycles. The van der Waals surface area contributed by atoms with Crippen molar-refractivity contribution in [1.29, 1.82) is 0 Å². The highest BCUT2D eigenvalue weighted by molar-refractivity contribution is 7.90. The van der Waals surface area contributed by atoms with Gasteiger partial charge in [0.1, 0.15) is 0 Å².